The lowest BCUT2D eigenvalue weighted by Gasteiger charge is -2.18. The van der Waals surface area contributed by atoms with E-state index in [1.54, 1.807) is 7.11 Å². The Hall–Kier alpha value is -1.80. The van der Waals surface area contributed by atoms with Crippen LogP contribution in [0.1, 0.15) is 16.7 Å². The Morgan fingerprint density at radius 1 is 1.10 bits per heavy atom. The number of ether oxygens (including phenoxy) is 1. The van der Waals surface area contributed by atoms with Gasteiger partial charge in [-0.25, -0.2) is 0 Å². The van der Waals surface area contributed by atoms with E-state index >= 15 is 0 Å². The number of hydrogen-bond acceptors (Lipinski definition) is 2. The van der Waals surface area contributed by atoms with Crippen LogP contribution in [0.25, 0.3) is 0 Å². The first-order valence-corrected chi connectivity index (χ1v) is 7.14. The number of aliphatic hydroxyl groups is 1. The maximum Gasteiger partial charge on any atom is 0.119 e. The zero-order valence-corrected chi connectivity index (χ0v) is 11.8. The van der Waals surface area contributed by atoms with Crippen LogP contribution >= 0.6 is 0 Å². The van der Waals surface area contributed by atoms with Gasteiger partial charge in [-0.05, 0) is 54.0 Å². The molecular weight excluding hydrogens is 248 g/mol. The van der Waals surface area contributed by atoms with E-state index in [9.17, 15) is 5.11 Å². The van der Waals surface area contributed by atoms with Crippen LogP contribution in [0.15, 0.2) is 48.5 Å². The fourth-order valence-corrected chi connectivity index (χ4v) is 3.07. The second-order valence-corrected chi connectivity index (χ2v) is 5.56. The number of methoxy groups -OCH3 is 1. The van der Waals surface area contributed by atoms with Crippen LogP contribution in [0, 0.1) is 5.92 Å². The summed E-state index contributed by atoms with van der Waals surface area (Å²) in [4.78, 5) is 0. The average molecular weight is 268 g/mol. The second-order valence-electron chi connectivity index (χ2n) is 5.56. The lowest BCUT2D eigenvalue weighted by molar-refractivity contribution is 0.112. The van der Waals surface area contributed by atoms with Gasteiger partial charge >= 0.3 is 0 Å². The van der Waals surface area contributed by atoms with Gasteiger partial charge < -0.3 is 9.84 Å². The number of hydrogen-bond donors (Lipinski definition) is 1. The van der Waals surface area contributed by atoms with Crippen LogP contribution in [0.2, 0.25) is 0 Å². The first-order valence-electron chi connectivity index (χ1n) is 7.14. The highest BCUT2D eigenvalue weighted by Gasteiger charge is 2.27. The standard InChI is InChI=1S/C18H20O2/c1-20-17-8-4-5-13(9-17)10-18(19)16-11-14-6-2-3-7-15(14)12-16/h2-9,16,18-19H,10-12H2,1H3. The minimum Gasteiger partial charge on any atom is -0.497 e. The molecule has 1 aliphatic rings. The summed E-state index contributed by atoms with van der Waals surface area (Å²) in [6, 6.07) is 16.5. The monoisotopic (exact) mass is 268 g/mol. The van der Waals surface area contributed by atoms with E-state index in [1.165, 1.54) is 11.1 Å². The van der Waals surface area contributed by atoms with Crippen LogP contribution in [0.3, 0.4) is 0 Å². The molecule has 0 saturated heterocycles. The van der Waals surface area contributed by atoms with Crippen LogP contribution < -0.4 is 4.74 Å². The lowest BCUT2D eigenvalue weighted by atomic mass is 9.93. The molecule has 0 aromatic heterocycles. The molecule has 2 aromatic carbocycles. The maximum atomic E-state index is 10.5. The molecule has 2 heteroatoms. The van der Waals surface area contributed by atoms with E-state index in [-0.39, 0.29) is 6.10 Å². The quantitative estimate of drug-likeness (QED) is 0.923. The molecule has 0 saturated carbocycles. The van der Waals surface area contributed by atoms with Gasteiger partial charge in [-0.15, -0.1) is 0 Å². The van der Waals surface area contributed by atoms with Crippen molar-refractivity contribution in [3.05, 3.63) is 65.2 Å². The van der Waals surface area contributed by atoms with Crippen LogP contribution in [-0.2, 0) is 19.3 Å². The minimum atomic E-state index is -0.297. The van der Waals surface area contributed by atoms with Gasteiger partial charge in [0, 0.05) is 0 Å². The zero-order valence-electron chi connectivity index (χ0n) is 11.8. The van der Waals surface area contributed by atoms with Crippen molar-refractivity contribution in [1.82, 2.24) is 0 Å². The smallest absolute Gasteiger partial charge is 0.119 e. The van der Waals surface area contributed by atoms with Crippen molar-refractivity contribution in [2.24, 2.45) is 5.92 Å². The molecule has 104 valence electrons. The van der Waals surface area contributed by atoms with Crippen molar-refractivity contribution in [2.45, 2.75) is 25.4 Å². The summed E-state index contributed by atoms with van der Waals surface area (Å²) in [5, 5.41) is 10.5. The maximum absolute atomic E-state index is 10.5. The molecule has 2 aromatic rings. The fraction of sp³-hybridized carbons (Fsp3) is 0.333. The summed E-state index contributed by atoms with van der Waals surface area (Å²) >= 11 is 0. The van der Waals surface area contributed by atoms with Crippen molar-refractivity contribution >= 4 is 0 Å². The van der Waals surface area contributed by atoms with Crippen molar-refractivity contribution in [3.63, 3.8) is 0 Å². The van der Waals surface area contributed by atoms with E-state index in [1.807, 2.05) is 24.3 Å². The molecule has 3 rings (SSSR count). The van der Waals surface area contributed by atoms with Crippen LogP contribution in [-0.4, -0.2) is 18.3 Å². The summed E-state index contributed by atoms with van der Waals surface area (Å²) in [6.45, 7) is 0. The van der Waals surface area contributed by atoms with Gasteiger partial charge in [0.2, 0.25) is 0 Å². The molecular formula is C18H20O2. The normalized spacial score (nSPS) is 15.9. The number of benzene rings is 2. The van der Waals surface area contributed by atoms with E-state index in [4.69, 9.17) is 4.74 Å². The topological polar surface area (TPSA) is 29.5 Å². The third-order valence-electron chi connectivity index (χ3n) is 4.21. The van der Waals surface area contributed by atoms with Gasteiger partial charge in [0.15, 0.2) is 0 Å². The molecule has 1 atom stereocenters. The predicted octanol–water partition coefficient (Wildman–Crippen LogP) is 3.01. The van der Waals surface area contributed by atoms with Gasteiger partial charge in [-0.1, -0.05) is 36.4 Å². The SMILES string of the molecule is COc1cccc(CC(O)C2Cc3ccccc3C2)c1. The van der Waals surface area contributed by atoms with E-state index in [2.05, 4.69) is 24.3 Å². The summed E-state index contributed by atoms with van der Waals surface area (Å²) in [5.41, 5.74) is 3.91. The predicted molar refractivity (Wildman–Crippen MR) is 80.0 cm³/mol. The summed E-state index contributed by atoms with van der Waals surface area (Å²) in [6.07, 6.45) is 2.37. The largest absolute Gasteiger partial charge is 0.497 e. The zero-order chi connectivity index (χ0) is 13.9. The Morgan fingerprint density at radius 3 is 2.45 bits per heavy atom. The molecule has 0 bridgehead atoms. The van der Waals surface area contributed by atoms with E-state index in [0.717, 1.165) is 24.2 Å². The summed E-state index contributed by atoms with van der Waals surface area (Å²) in [7, 11) is 1.67. The van der Waals surface area contributed by atoms with Gasteiger partial charge in [-0.3, -0.25) is 0 Å². The highest BCUT2D eigenvalue weighted by molar-refractivity contribution is 5.33. The Labute approximate surface area is 120 Å². The van der Waals surface area contributed by atoms with Crippen LogP contribution in [0.5, 0.6) is 5.75 Å². The minimum absolute atomic E-state index is 0.297. The number of fused-ring (bicyclic) bond motifs is 1. The van der Waals surface area contributed by atoms with Crippen molar-refractivity contribution in [3.8, 4) is 5.75 Å². The highest BCUT2D eigenvalue weighted by Crippen LogP contribution is 2.30. The average Bonchev–Trinajstić information content (AvgIpc) is 2.91. The molecule has 0 spiro atoms. The molecule has 1 aliphatic carbocycles. The fourth-order valence-electron chi connectivity index (χ4n) is 3.07. The van der Waals surface area contributed by atoms with E-state index in [0.29, 0.717) is 12.3 Å². The van der Waals surface area contributed by atoms with Crippen molar-refractivity contribution < 1.29 is 9.84 Å². The third kappa shape index (κ3) is 2.70. The molecule has 1 unspecified atom stereocenters. The van der Waals surface area contributed by atoms with Crippen molar-refractivity contribution in [1.29, 1.82) is 0 Å². The molecule has 0 amide bonds. The molecule has 1 N–H and O–H groups in total. The Bertz CT molecular complexity index is 566. The van der Waals surface area contributed by atoms with Gasteiger partial charge in [-0.2, -0.15) is 0 Å². The Kier molecular flexibility index (Phi) is 3.75. The van der Waals surface area contributed by atoms with Gasteiger partial charge in [0.05, 0.1) is 13.2 Å². The van der Waals surface area contributed by atoms with Crippen LogP contribution in [0.4, 0.5) is 0 Å². The number of rotatable bonds is 4. The molecule has 20 heavy (non-hydrogen) atoms. The Balaban J connectivity index is 1.67. The molecule has 0 radical (unpaired) electrons. The lowest BCUT2D eigenvalue weighted by Crippen LogP contribution is -2.23. The Morgan fingerprint density at radius 2 is 1.80 bits per heavy atom. The molecule has 0 aliphatic heterocycles. The highest BCUT2D eigenvalue weighted by atomic mass is 16.5. The summed E-state index contributed by atoms with van der Waals surface area (Å²) in [5.74, 6) is 1.18. The van der Waals surface area contributed by atoms with Gasteiger partial charge in [0.25, 0.3) is 0 Å². The second kappa shape index (κ2) is 5.68. The summed E-state index contributed by atoms with van der Waals surface area (Å²) < 4.78 is 5.23. The first kappa shape index (κ1) is 13.2. The molecule has 0 heterocycles. The van der Waals surface area contributed by atoms with Crippen molar-refractivity contribution in [2.75, 3.05) is 7.11 Å². The van der Waals surface area contributed by atoms with E-state index < -0.39 is 0 Å². The number of aliphatic hydroxyl groups excluding tert-OH is 1. The van der Waals surface area contributed by atoms with Gasteiger partial charge in [0.1, 0.15) is 5.75 Å². The molecule has 0 fully saturated rings. The first-order chi connectivity index (χ1) is 9.76. The molecule has 2 nitrogen and oxygen atoms in total. The third-order valence-corrected chi connectivity index (χ3v) is 4.21.